The Kier molecular flexibility index (Phi) is 3.96. The summed E-state index contributed by atoms with van der Waals surface area (Å²) in [6.45, 7) is 0.868. The number of carbonyl (C=O) groups excluding carboxylic acids is 1. The van der Waals surface area contributed by atoms with E-state index in [1.807, 2.05) is 24.3 Å². The smallest absolute Gasteiger partial charge is 0.224 e. The summed E-state index contributed by atoms with van der Waals surface area (Å²) in [5.41, 5.74) is 0.835. The number of hydrogen-bond acceptors (Lipinski definition) is 2. The number of halogens is 1. The quantitative estimate of drug-likeness (QED) is 0.845. The Bertz CT molecular complexity index is 377. The molecule has 1 aromatic rings. The molecule has 0 aromatic heterocycles. The number of benzene rings is 1. The van der Waals surface area contributed by atoms with Gasteiger partial charge in [0.25, 0.3) is 0 Å². The molecule has 1 aliphatic heterocycles. The van der Waals surface area contributed by atoms with E-state index >= 15 is 0 Å². The largest absolute Gasteiger partial charge is 0.373 e. The zero-order valence-electron chi connectivity index (χ0n) is 8.91. The van der Waals surface area contributed by atoms with Crippen molar-refractivity contribution in [3.8, 4) is 0 Å². The van der Waals surface area contributed by atoms with E-state index in [2.05, 4.69) is 21.2 Å². The third kappa shape index (κ3) is 3.94. The number of anilines is 1. The van der Waals surface area contributed by atoms with Crippen LogP contribution in [0, 0.1) is 0 Å². The molecule has 2 rings (SSSR count). The van der Waals surface area contributed by atoms with E-state index in [4.69, 9.17) is 4.74 Å². The molecule has 1 fully saturated rings. The van der Waals surface area contributed by atoms with Crippen LogP contribution in [0.15, 0.2) is 28.7 Å². The summed E-state index contributed by atoms with van der Waals surface area (Å²) in [6, 6.07) is 7.60. The Morgan fingerprint density at radius 2 is 2.38 bits per heavy atom. The predicted octanol–water partition coefficient (Wildman–Crippen LogP) is 2.96. The molecule has 1 amide bonds. The van der Waals surface area contributed by atoms with Crippen LogP contribution in [0.3, 0.4) is 0 Å². The van der Waals surface area contributed by atoms with Gasteiger partial charge in [0.1, 0.15) is 0 Å². The highest BCUT2D eigenvalue weighted by atomic mass is 79.9. The predicted molar refractivity (Wildman–Crippen MR) is 66.4 cm³/mol. The van der Waals surface area contributed by atoms with Gasteiger partial charge < -0.3 is 10.1 Å². The van der Waals surface area contributed by atoms with Gasteiger partial charge in [-0.05, 0) is 31.0 Å². The number of ether oxygens (including phenoxy) is 1. The van der Waals surface area contributed by atoms with Gasteiger partial charge in [0.05, 0.1) is 12.7 Å². The first kappa shape index (κ1) is 11.6. The van der Waals surface area contributed by atoms with Crippen molar-refractivity contribution in [1.29, 1.82) is 0 Å². The lowest BCUT2D eigenvalue weighted by Crippen LogP contribution is -2.11. The summed E-state index contributed by atoms with van der Waals surface area (Å²) >= 11 is 3.36. The molecule has 4 heteroatoms. The minimum atomic E-state index is 0.0683. The Morgan fingerprint density at radius 3 is 3.06 bits per heavy atom. The summed E-state index contributed by atoms with van der Waals surface area (Å²) in [5.74, 6) is 0.0683. The monoisotopic (exact) mass is 283 g/mol. The average molecular weight is 284 g/mol. The number of carbonyl (C=O) groups is 1. The number of hydrogen-bond donors (Lipinski definition) is 1. The van der Waals surface area contributed by atoms with Gasteiger partial charge in [-0.2, -0.15) is 0 Å². The summed E-state index contributed by atoms with van der Waals surface area (Å²) in [4.78, 5) is 11.6. The SMILES string of the molecule is O=C(CCCC1CO1)Nc1cccc(Br)c1. The van der Waals surface area contributed by atoms with Gasteiger partial charge in [0, 0.05) is 16.6 Å². The Labute approximate surface area is 103 Å². The van der Waals surface area contributed by atoms with Crippen LogP contribution in [0.5, 0.6) is 0 Å². The molecule has 1 N–H and O–H groups in total. The lowest BCUT2D eigenvalue weighted by Gasteiger charge is -2.04. The van der Waals surface area contributed by atoms with Gasteiger partial charge in [0.15, 0.2) is 0 Å². The van der Waals surface area contributed by atoms with Gasteiger partial charge in [-0.25, -0.2) is 0 Å². The zero-order valence-corrected chi connectivity index (χ0v) is 10.5. The maximum absolute atomic E-state index is 11.6. The molecule has 1 saturated heterocycles. The molecule has 0 bridgehead atoms. The Balaban J connectivity index is 1.73. The first-order chi connectivity index (χ1) is 7.74. The van der Waals surface area contributed by atoms with Crippen molar-refractivity contribution in [3.05, 3.63) is 28.7 Å². The Morgan fingerprint density at radius 1 is 1.56 bits per heavy atom. The molecule has 1 atom stereocenters. The topological polar surface area (TPSA) is 41.6 Å². The highest BCUT2D eigenvalue weighted by molar-refractivity contribution is 9.10. The van der Waals surface area contributed by atoms with Crippen molar-refractivity contribution < 1.29 is 9.53 Å². The molecular formula is C12H14BrNO2. The maximum atomic E-state index is 11.6. The van der Waals surface area contributed by atoms with Gasteiger partial charge in [-0.1, -0.05) is 22.0 Å². The van der Waals surface area contributed by atoms with Crippen molar-refractivity contribution in [2.24, 2.45) is 0 Å². The van der Waals surface area contributed by atoms with Crippen molar-refractivity contribution >= 4 is 27.5 Å². The highest BCUT2D eigenvalue weighted by Gasteiger charge is 2.21. The number of rotatable bonds is 5. The fourth-order valence-corrected chi connectivity index (χ4v) is 1.91. The molecule has 0 saturated carbocycles. The fourth-order valence-electron chi connectivity index (χ4n) is 1.51. The number of nitrogens with one attached hydrogen (secondary N) is 1. The van der Waals surface area contributed by atoms with Crippen LogP contribution in [0.25, 0.3) is 0 Å². The minimum absolute atomic E-state index is 0.0683. The molecule has 0 spiro atoms. The standard InChI is InChI=1S/C12H14BrNO2/c13-9-3-1-4-10(7-9)14-12(15)6-2-5-11-8-16-11/h1,3-4,7,11H,2,5-6,8H2,(H,14,15). The van der Waals surface area contributed by atoms with E-state index in [-0.39, 0.29) is 5.91 Å². The lowest BCUT2D eigenvalue weighted by atomic mass is 10.2. The van der Waals surface area contributed by atoms with Crippen molar-refractivity contribution in [2.75, 3.05) is 11.9 Å². The van der Waals surface area contributed by atoms with Crippen LogP contribution in [0.1, 0.15) is 19.3 Å². The number of amides is 1. The third-order valence-corrected chi connectivity index (χ3v) is 2.93. The van der Waals surface area contributed by atoms with E-state index in [0.717, 1.165) is 29.6 Å². The van der Waals surface area contributed by atoms with Crippen molar-refractivity contribution in [1.82, 2.24) is 0 Å². The van der Waals surface area contributed by atoms with Crippen LogP contribution in [0.4, 0.5) is 5.69 Å². The van der Waals surface area contributed by atoms with E-state index in [9.17, 15) is 4.79 Å². The summed E-state index contributed by atoms with van der Waals surface area (Å²) in [5, 5.41) is 2.87. The molecule has 1 aliphatic rings. The zero-order chi connectivity index (χ0) is 11.4. The van der Waals surface area contributed by atoms with Gasteiger partial charge >= 0.3 is 0 Å². The van der Waals surface area contributed by atoms with Crippen molar-refractivity contribution in [3.63, 3.8) is 0 Å². The van der Waals surface area contributed by atoms with E-state index in [1.54, 1.807) is 0 Å². The van der Waals surface area contributed by atoms with Gasteiger partial charge in [-0.15, -0.1) is 0 Å². The molecule has 1 aromatic carbocycles. The lowest BCUT2D eigenvalue weighted by molar-refractivity contribution is -0.116. The third-order valence-electron chi connectivity index (χ3n) is 2.44. The summed E-state index contributed by atoms with van der Waals surface area (Å²) < 4.78 is 6.06. The second-order valence-corrected chi connectivity index (χ2v) is 4.82. The van der Waals surface area contributed by atoms with E-state index in [1.165, 1.54) is 0 Å². The molecule has 86 valence electrons. The highest BCUT2D eigenvalue weighted by Crippen LogP contribution is 2.18. The van der Waals surface area contributed by atoms with Gasteiger partial charge in [0.2, 0.25) is 5.91 Å². The maximum Gasteiger partial charge on any atom is 0.224 e. The fraction of sp³-hybridized carbons (Fsp3) is 0.417. The van der Waals surface area contributed by atoms with Crippen LogP contribution < -0.4 is 5.32 Å². The van der Waals surface area contributed by atoms with Crippen LogP contribution in [-0.2, 0) is 9.53 Å². The molecular weight excluding hydrogens is 270 g/mol. The summed E-state index contributed by atoms with van der Waals surface area (Å²) in [6.07, 6.45) is 2.86. The molecule has 0 aliphatic carbocycles. The molecule has 1 unspecified atom stereocenters. The Hall–Kier alpha value is -0.870. The molecule has 3 nitrogen and oxygen atoms in total. The molecule has 0 radical (unpaired) electrons. The first-order valence-corrected chi connectivity index (χ1v) is 6.20. The van der Waals surface area contributed by atoms with Crippen LogP contribution in [-0.4, -0.2) is 18.6 Å². The molecule has 1 heterocycles. The normalized spacial score (nSPS) is 18.2. The van der Waals surface area contributed by atoms with Gasteiger partial charge in [-0.3, -0.25) is 4.79 Å². The van der Waals surface area contributed by atoms with E-state index < -0.39 is 0 Å². The summed E-state index contributed by atoms with van der Waals surface area (Å²) in [7, 11) is 0. The minimum Gasteiger partial charge on any atom is -0.373 e. The average Bonchev–Trinajstić information content (AvgIpc) is 3.01. The first-order valence-electron chi connectivity index (χ1n) is 5.41. The van der Waals surface area contributed by atoms with E-state index in [0.29, 0.717) is 12.5 Å². The second kappa shape index (κ2) is 5.46. The second-order valence-electron chi connectivity index (χ2n) is 3.91. The number of epoxide rings is 1. The van der Waals surface area contributed by atoms with Crippen molar-refractivity contribution in [2.45, 2.75) is 25.4 Å². The van der Waals surface area contributed by atoms with Crippen LogP contribution in [0.2, 0.25) is 0 Å². The van der Waals surface area contributed by atoms with Crippen LogP contribution >= 0.6 is 15.9 Å². The molecule has 16 heavy (non-hydrogen) atoms.